The van der Waals surface area contributed by atoms with E-state index in [-0.39, 0.29) is 0 Å². The molecular formula is C34H28Cl2O4P2. The minimum atomic E-state index is -1.61. The number of hydrogen-bond donors (Lipinski definition) is 0. The zero-order chi connectivity index (χ0) is 29.3. The van der Waals surface area contributed by atoms with Crippen molar-refractivity contribution >= 4 is 59.5 Å². The van der Waals surface area contributed by atoms with Gasteiger partial charge in [0, 0.05) is 10.8 Å². The largest absolute Gasteiger partial charge is 0.427 e. The Bertz CT molecular complexity index is 1640. The molecule has 0 fully saturated rings. The van der Waals surface area contributed by atoms with Crippen molar-refractivity contribution < 1.29 is 18.1 Å². The number of aryl methyl sites for hydroxylation is 2. The maximum Gasteiger partial charge on any atom is 0.401 e. The maximum atomic E-state index is 6.37. The van der Waals surface area contributed by atoms with Crippen molar-refractivity contribution in [1.29, 1.82) is 0 Å². The number of para-hydroxylation sites is 2. The highest BCUT2D eigenvalue weighted by atomic mass is 35.7. The van der Waals surface area contributed by atoms with Gasteiger partial charge >= 0.3 is 15.5 Å². The Hall–Kier alpha value is -3.52. The van der Waals surface area contributed by atoms with Crippen LogP contribution in [0, 0.1) is 13.8 Å². The van der Waals surface area contributed by atoms with Crippen LogP contribution < -0.4 is 18.1 Å². The predicted octanol–water partition coefficient (Wildman–Crippen LogP) is 12.1. The molecule has 0 amide bonds. The fourth-order valence-corrected chi connectivity index (χ4v) is 6.53. The van der Waals surface area contributed by atoms with E-state index in [4.69, 9.17) is 40.6 Å². The number of rotatable bonds is 8. The maximum absolute atomic E-state index is 6.37. The molecule has 0 bridgehead atoms. The molecule has 0 aromatic heterocycles. The highest BCUT2D eigenvalue weighted by molar-refractivity contribution is 7.77. The Kier molecular flexibility index (Phi) is 10.4. The molecule has 212 valence electrons. The lowest BCUT2D eigenvalue weighted by molar-refractivity contribution is 0.503. The number of hydrogen-bond acceptors (Lipinski definition) is 4. The summed E-state index contributed by atoms with van der Waals surface area (Å²) >= 11 is 12.5. The zero-order valence-electron chi connectivity index (χ0n) is 23.0. The second-order valence-electron chi connectivity index (χ2n) is 9.28. The van der Waals surface area contributed by atoms with E-state index < -0.39 is 15.5 Å². The van der Waals surface area contributed by atoms with Gasteiger partial charge in [-0.1, -0.05) is 109 Å². The molecule has 0 spiro atoms. The third-order valence-corrected chi connectivity index (χ3v) is 8.56. The van der Waals surface area contributed by atoms with Crippen LogP contribution in [-0.4, -0.2) is 0 Å². The van der Waals surface area contributed by atoms with Crippen molar-refractivity contribution in [2.45, 2.75) is 13.8 Å². The molecular weight excluding hydrogens is 605 g/mol. The van der Waals surface area contributed by atoms with Crippen LogP contribution in [0.15, 0.2) is 133 Å². The summed E-state index contributed by atoms with van der Waals surface area (Å²) in [5.41, 5.74) is 2.08. The lowest BCUT2D eigenvalue weighted by Crippen LogP contribution is -1.93. The van der Waals surface area contributed by atoms with Crippen LogP contribution >= 0.6 is 37.9 Å². The Balaban J connectivity index is 0.000000176. The second kappa shape index (κ2) is 14.6. The molecule has 0 atom stereocenters. The van der Waals surface area contributed by atoms with Gasteiger partial charge in [0.05, 0.1) is 0 Å². The van der Waals surface area contributed by atoms with Gasteiger partial charge in [-0.2, -0.15) is 0 Å². The van der Waals surface area contributed by atoms with Crippen molar-refractivity contribution in [1.82, 2.24) is 0 Å². The van der Waals surface area contributed by atoms with Crippen LogP contribution in [0.2, 0.25) is 0 Å². The average molecular weight is 633 g/mol. The minimum Gasteiger partial charge on any atom is -0.427 e. The van der Waals surface area contributed by atoms with E-state index in [1.807, 2.05) is 147 Å². The smallest absolute Gasteiger partial charge is 0.401 e. The standard InChI is InChI=1S/C20H14ClO2P.C14H14ClO2P/c21-24(22-19-13-5-9-15-7-1-3-11-17(15)19)23-20-14-6-10-16-8-2-4-12-18(16)20;1-11-7-3-5-9-13(11)16-18(15)17-14-10-6-4-8-12(14)2/h1-14H;3-10H,1-2H3. The molecule has 42 heavy (non-hydrogen) atoms. The fourth-order valence-electron chi connectivity index (χ4n) is 4.21. The van der Waals surface area contributed by atoms with E-state index in [1.54, 1.807) is 0 Å². The summed E-state index contributed by atoms with van der Waals surface area (Å²) in [4.78, 5) is 0. The first-order valence-electron chi connectivity index (χ1n) is 13.2. The van der Waals surface area contributed by atoms with Crippen molar-refractivity contribution in [3.05, 3.63) is 145 Å². The quantitative estimate of drug-likeness (QED) is 0.156. The monoisotopic (exact) mass is 632 g/mol. The molecule has 6 aromatic carbocycles. The molecule has 0 saturated heterocycles. The lowest BCUT2D eigenvalue weighted by atomic mass is 10.1. The zero-order valence-corrected chi connectivity index (χ0v) is 26.3. The fraction of sp³-hybridized carbons (Fsp3) is 0.0588. The molecule has 0 N–H and O–H groups in total. The number of fused-ring (bicyclic) bond motifs is 2. The summed E-state index contributed by atoms with van der Waals surface area (Å²) in [6, 6.07) is 43.4. The third-order valence-electron chi connectivity index (χ3n) is 6.37. The molecule has 8 heteroatoms. The highest BCUT2D eigenvalue weighted by Gasteiger charge is 2.15. The van der Waals surface area contributed by atoms with Crippen LogP contribution in [0.1, 0.15) is 11.1 Å². The SMILES string of the molecule is Cc1ccccc1OP(Cl)Oc1ccccc1C.ClP(Oc1cccc2ccccc12)Oc1cccc2ccccc12. The average Bonchev–Trinajstić information content (AvgIpc) is 3.00. The molecule has 6 rings (SSSR count). The topological polar surface area (TPSA) is 36.9 Å². The van der Waals surface area contributed by atoms with E-state index in [0.29, 0.717) is 0 Å². The summed E-state index contributed by atoms with van der Waals surface area (Å²) in [6.45, 7) is 3.95. The van der Waals surface area contributed by atoms with Crippen LogP contribution in [-0.2, 0) is 0 Å². The summed E-state index contributed by atoms with van der Waals surface area (Å²) in [7, 11) is -3.10. The predicted molar refractivity (Wildman–Crippen MR) is 178 cm³/mol. The van der Waals surface area contributed by atoms with E-state index in [0.717, 1.165) is 55.7 Å². The summed E-state index contributed by atoms with van der Waals surface area (Å²) in [5, 5.41) is 4.27. The van der Waals surface area contributed by atoms with Crippen LogP contribution in [0.3, 0.4) is 0 Å². The molecule has 0 aliphatic rings. The first-order chi connectivity index (χ1) is 20.5. The summed E-state index contributed by atoms with van der Waals surface area (Å²) < 4.78 is 23.0. The van der Waals surface area contributed by atoms with Gasteiger partial charge in [0.2, 0.25) is 0 Å². The summed E-state index contributed by atoms with van der Waals surface area (Å²) in [5.74, 6) is 2.98. The lowest BCUT2D eigenvalue weighted by Gasteiger charge is -2.15. The van der Waals surface area contributed by atoms with Crippen molar-refractivity contribution in [3.8, 4) is 23.0 Å². The Morgan fingerprint density at radius 3 is 1.12 bits per heavy atom. The Labute approximate surface area is 258 Å². The first-order valence-corrected chi connectivity index (χ1v) is 17.3. The molecule has 6 aromatic rings. The molecule has 0 saturated carbocycles. The van der Waals surface area contributed by atoms with E-state index >= 15 is 0 Å². The minimum absolute atomic E-state index is 0.731. The van der Waals surface area contributed by atoms with Crippen molar-refractivity contribution in [2.75, 3.05) is 0 Å². The Morgan fingerprint density at radius 2 is 0.690 bits per heavy atom. The van der Waals surface area contributed by atoms with Gasteiger partial charge in [0.15, 0.2) is 0 Å². The van der Waals surface area contributed by atoms with Gasteiger partial charge < -0.3 is 18.1 Å². The third kappa shape index (κ3) is 7.85. The normalized spacial score (nSPS) is 10.8. The molecule has 0 aliphatic heterocycles. The van der Waals surface area contributed by atoms with E-state index in [1.165, 1.54) is 0 Å². The van der Waals surface area contributed by atoms with Crippen LogP contribution in [0.4, 0.5) is 0 Å². The molecule has 0 unspecified atom stereocenters. The molecule has 0 aliphatic carbocycles. The molecule has 4 nitrogen and oxygen atoms in total. The van der Waals surface area contributed by atoms with Gasteiger partial charge in [0.25, 0.3) is 0 Å². The highest BCUT2D eigenvalue weighted by Crippen LogP contribution is 2.48. The first kappa shape index (κ1) is 30.0. The van der Waals surface area contributed by atoms with Crippen LogP contribution in [0.5, 0.6) is 23.0 Å². The van der Waals surface area contributed by atoms with Gasteiger partial charge in [0.1, 0.15) is 23.0 Å². The van der Waals surface area contributed by atoms with Crippen molar-refractivity contribution in [2.24, 2.45) is 0 Å². The second-order valence-corrected chi connectivity index (χ2v) is 12.5. The molecule has 0 radical (unpaired) electrons. The van der Waals surface area contributed by atoms with Gasteiger partial charge in [-0.3, -0.25) is 0 Å². The van der Waals surface area contributed by atoms with E-state index in [9.17, 15) is 0 Å². The van der Waals surface area contributed by atoms with Gasteiger partial charge in [-0.15, -0.1) is 0 Å². The number of benzene rings is 6. The van der Waals surface area contributed by atoms with E-state index in [2.05, 4.69) is 0 Å². The molecule has 0 heterocycles. The van der Waals surface area contributed by atoms with Crippen molar-refractivity contribution in [3.63, 3.8) is 0 Å². The Morgan fingerprint density at radius 1 is 0.381 bits per heavy atom. The number of halogens is 2. The van der Waals surface area contributed by atoms with Gasteiger partial charge in [-0.05, 0) is 82.5 Å². The van der Waals surface area contributed by atoms with Crippen LogP contribution in [0.25, 0.3) is 21.5 Å². The summed E-state index contributed by atoms with van der Waals surface area (Å²) in [6.07, 6.45) is 0. The van der Waals surface area contributed by atoms with Gasteiger partial charge in [-0.25, -0.2) is 0 Å².